The number of ether oxygens (including phenoxy) is 2. The number of morpholine rings is 1. The number of thiazole rings is 1. The summed E-state index contributed by atoms with van der Waals surface area (Å²) in [6, 6.07) is 7.20. The van der Waals surface area contributed by atoms with Crippen molar-refractivity contribution in [2.24, 2.45) is 0 Å². The number of hydrogen-bond acceptors (Lipinski definition) is 12. The maximum absolute atomic E-state index is 14.8. The first-order chi connectivity index (χ1) is 27.4. The van der Waals surface area contributed by atoms with Crippen molar-refractivity contribution < 1.29 is 27.8 Å². The summed E-state index contributed by atoms with van der Waals surface area (Å²) >= 11 is 1.48. The maximum Gasteiger partial charge on any atom is 0.278 e. The first-order valence-corrected chi connectivity index (χ1v) is 20.8. The molecule has 0 bridgehead atoms. The molecule has 2 aromatic heterocycles. The van der Waals surface area contributed by atoms with Gasteiger partial charge in [0.25, 0.3) is 11.5 Å². The fourth-order valence-electron chi connectivity index (χ4n) is 6.94. The molecule has 13 nitrogen and oxygen atoms in total. The number of rotatable bonds is 22. The minimum absolute atomic E-state index is 0.0712. The Kier molecular flexibility index (Phi) is 15.5. The van der Waals surface area contributed by atoms with E-state index in [1.54, 1.807) is 12.1 Å². The van der Waals surface area contributed by atoms with E-state index in [-0.39, 0.29) is 24.5 Å². The van der Waals surface area contributed by atoms with Crippen LogP contribution in [0.15, 0.2) is 40.5 Å². The number of amides is 2. The predicted molar refractivity (Wildman–Crippen MR) is 213 cm³/mol. The lowest BCUT2D eigenvalue weighted by Crippen LogP contribution is -2.45. The number of unbranched alkanes of at least 4 members (excludes halogenated alkanes) is 9. The monoisotopic (exact) mass is 794 g/mol. The molecule has 2 aliphatic heterocycles. The quantitative estimate of drug-likeness (QED) is 0.0601. The molecule has 4 heterocycles. The zero-order chi connectivity index (χ0) is 39.1. The number of benzene rings is 2. The second kappa shape index (κ2) is 21.1. The number of fused-ring (bicyclic) bond motifs is 1. The highest BCUT2D eigenvalue weighted by atomic mass is 32.1. The van der Waals surface area contributed by atoms with Crippen molar-refractivity contribution in [1.29, 1.82) is 0 Å². The lowest BCUT2D eigenvalue weighted by Gasteiger charge is -2.26. The number of nitrogens with one attached hydrogen (secondary N) is 3. The summed E-state index contributed by atoms with van der Waals surface area (Å²) in [5.41, 5.74) is 1.93. The maximum atomic E-state index is 14.8. The largest absolute Gasteiger partial charge is 0.490 e. The Morgan fingerprint density at radius 3 is 2.36 bits per heavy atom. The van der Waals surface area contributed by atoms with Gasteiger partial charge in [-0.3, -0.25) is 19.7 Å². The van der Waals surface area contributed by atoms with Crippen LogP contribution in [-0.4, -0.2) is 84.3 Å². The molecule has 1 unspecified atom stereocenters. The highest BCUT2D eigenvalue weighted by Gasteiger charge is 2.30. The highest BCUT2D eigenvalue weighted by Crippen LogP contribution is 2.36. The Morgan fingerprint density at radius 1 is 0.893 bits per heavy atom. The van der Waals surface area contributed by atoms with Crippen molar-refractivity contribution >= 4 is 44.9 Å². The van der Waals surface area contributed by atoms with Gasteiger partial charge in [0.05, 0.1) is 30.9 Å². The van der Waals surface area contributed by atoms with E-state index in [2.05, 4.69) is 36.1 Å². The summed E-state index contributed by atoms with van der Waals surface area (Å²) in [6.45, 7) is 5.82. The summed E-state index contributed by atoms with van der Waals surface area (Å²) in [4.78, 5) is 43.7. The molecule has 0 saturated carbocycles. The number of hydrogen-bond donors (Lipinski definition) is 3. The molecule has 302 valence electrons. The van der Waals surface area contributed by atoms with Gasteiger partial charge in [0.15, 0.2) is 16.7 Å². The van der Waals surface area contributed by atoms with Gasteiger partial charge in [-0.15, -0.1) is 16.4 Å². The molecule has 0 radical (unpaired) electrons. The van der Waals surface area contributed by atoms with E-state index >= 15 is 0 Å². The SMILES string of the molecule is O=C1CCC(n2nnc3ccc(NCCCCCCCCCCNCCCCCOc4c(-c5csc(N6CCOCC6)n5)ccc(F)c4F)cc3c2=O)C(=O)N1. The van der Waals surface area contributed by atoms with Gasteiger partial charge in [0, 0.05) is 42.7 Å². The Bertz CT molecular complexity index is 1970. The molecule has 0 spiro atoms. The molecule has 56 heavy (non-hydrogen) atoms. The van der Waals surface area contributed by atoms with Crippen molar-refractivity contribution in [3.63, 3.8) is 0 Å². The van der Waals surface area contributed by atoms with E-state index in [9.17, 15) is 23.2 Å². The summed E-state index contributed by atoms with van der Waals surface area (Å²) in [7, 11) is 0. The summed E-state index contributed by atoms with van der Waals surface area (Å²) in [5.74, 6) is -2.85. The molecule has 0 aliphatic carbocycles. The van der Waals surface area contributed by atoms with Crippen LogP contribution in [0, 0.1) is 11.6 Å². The molecule has 4 aromatic rings. The van der Waals surface area contributed by atoms with Crippen LogP contribution in [0.1, 0.15) is 89.5 Å². The third-order valence-electron chi connectivity index (χ3n) is 10.1. The summed E-state index contributed by atoms with van der Waals surface area (Å²) in [6.07, 6.45) is 12.4. The molecular weight excluding hydrogens is 743 g/mol. The number of carbonyl (C=O) groups excluding carboxylic acids is 2. The highest BCUT2D eigenvalue weighted by molar-refractivity contribution is 7.14. The lowest BCUT2D eigenvalue weighted by molar-refractivity contribution is -0.136. The van der Waals surface area contributed by atoms with Gasteiger partial charge in [0.2, 0.25) is 11.7 Å². The van der Waals surface area contributed by atoms with E-state index in [1.807, 2.05) is 11.4 Å². The van der Waals surface area contributed by atoms with Crippen molar-refractivity contribution in [2.75, 3.05) is 62.8 Å². The summed E-state index contributed by atoms with van der Waals surface area (Å²) < 4.78 is 41.2. The van der Waals surface area contributed by atoms with E-state index in [4.69, 9.17) is 9.47 Å². The van der Waals surface area contributed by atoms with E-state index in [0.717, 1.165) is 92.8 Å². The van der Waals surface area contributed by atoms with Gasteiger partial charge in [-0.05, 0) is 81.9 Å². The van der Waals surface area contributed by atoms with Crippen LogP contribution in [-0.2, 0) is 14.3 Å². The van der Waals surface area contributed by atoms with Crippen molar-refractivity contribution in [3.8, 4) is 17.0 Å². The van der Waals surface area contributed by atoms with Gasteiger partial charge < -0.3 is 25.0 Å². The number of halogens is 2. The normalized spacial score (nSPS) is 16.0. The van der Waals surface area contributed by atoms with Gasteiger partial charge in [-0.2, -0.15) is 9.07 Å². The molecule has 2 saturated heterocycles. The predicted octanol–water partition coefficient (Wildman–Crippen LogP) is 6.38. The number of piperidine rings is 1. The minimum Gasteiger partial charge on any atom is -0.490 e. The average Bonchev–Trinajstić information content (AvgIpc) is 3.70. The van der Waals surface area contributed by atoms with Crippen LogP contribution < -0.4 is 31.1 Å². The number of anilines is 2. The van der Waals surface area contributed by atoms with Crippen LogP contribution in [0.3, 0.4) is 0 Å². The third kappa shape index (κ3) is 11.3. The van der Waals surface area contributed by atoms with Gasteiger partial charge in [-0.25, -0.2) is 9.37 Å². The summed E-state index contributed by atoms with van der Waals surface area (Å²) in [5, 5.41) is 20.3. The molecule has 2 aromatic carbocycles. The lowest BCUT2D eigenvalue weighted by atomic mass is 10.1. The zero-order valence-electron chi connectivity index (χ0n) is 31.8. The Labute approximate surface area is 329 Å². The second-order valence-corrected chi connectivity index (χ2v) is 15.1. The van der Waals surface area contributed by atoms with E-state index < -0.39 is 29.1 Å². The average molecular weight is 795 g/mol. The molecule has 2 fully saturated rings. The second-order valence-electron chi connectivity index (χ2n) is 14.3. The molecule has 1 atom stereocenters. The van der Waals surface area contributed by atoms with E-state index in [1.165, 1.54) is 49.5 Å². The number of nitrogens with zero attached hydrogens (tertiary/aromatic N) is 5. The third-order valence-corrected chi connectivity index (χ3v) is 11.0. The number of aromatic nitrogens is 4. The molecule has 2 amide bonds. The molecular formula is C40H52F2N8O5S. The molecule has 2 aliphatic rings. The van der Waals surface area contributed by atoms with Crippen LogP contribution >= 0.6 is 11.3 Å². The van der Waals surface area contributed by atoms with Crippen LogP contribution in [0.25, 0.3) is 22.2 Å². The van der Waals surface area contributed by atoms with Crippen molar-refractivity contribution in [2.45, 2.75) is 89.5 Å². The number of carbonyl (C=O) groups is 2. The minimum atomic E-state index is -0.973. The molecule has 6 rings (SSSR count). The van der Waals surface area contributed by atoms with Gasteiger partial charge in [0.1, 0.15) is 11.6 Å². The first-order valence-electron chi connectivity index (χ1n) is 20.0. The molecule has 3 N–H and O–H groups in total. The number of imide groups is 1. The van der Waals surface area contributed by atoms with Gasteiger partial charge >= 0.3 is 0 Å². The van der Waals surface area contributed by atoms with Crippen LogP contribution in [0.4, 0.5) is 19.6 Å². The van der Waals surface area contributed by atoms with Crippen LogP contribution in [0.2, 0.25) is 0 Å². The Hall–Kier alpha value is -4.54. The van der Waals surface area contributed by atoms with Gasteiger partial charge in [-0.1, -0.05) is 43.7 Å². The van der Waals surface area contributed by atoms with Crippen molar-refractivity contribution in [1.82, 2.24) is 30.6 Å². The fourth-order valence-corrected chi connectivity index (χ4v) is 7.82. The molecule has 16 heteroatoms. The Balaban J connectivity index is 0.768. The van der Waals surface area contributed by atoms with Crippen LogP contribution in [0.5, 0.6) is 5.75 Å². The topological polar surface area (TPSA) is 153 Å². The van der Waals surface area contributed by atoms with Crippen molar-refractivity contribution in [3.05, 3.63) is 57.7 Å². The van der Waals surface area contributed by atoms with E-state index in [0.29, 0.717) is 42.0 Å². The fraction of sp³-hybridized carbons (Fsp3) is 0.550. The first kappa shape index (κ1) is 41.1. The smallest absolute Gasteiger partial charge is 0.278 e. The Morgan fingerprint density at radius 2 is 1.61 bits per heavy atom. The standard InChI is InChI=1S/C40H52F2N8O5S/c41-31-14-13-29(33-27-56-40(45-33)49-21-24-54-25-22-49)37(36(31)42)55-23-11-7-9-19-43-18-8-5-3-1-2-4-6-10-20-44-28-12-15-32-30(26-28)39(53)50(48-47-32)34-16-17-35(51)46-38(34)52/h12-15,26-27,34,43-44H,1-11,16-25H2,(H,46,51,52). The zero-order valence-corrected chi connectivity index (χ0v) is 32.6.